The highest BCUT2D eigenvalue weighted by Crippen LogP contribution is 2.43. The summed E-state index contributed by atoms with van der Waals surface area (Å²) in [6.07, 6.45) is -5.64. The van der Waals surface area contributed by atoms with Gasteiger partial charge in [-0.25, -0.2) is 4.79 Å². The van der Waals surface area contributed by atoms with E-state index in [0.29, 0.717) is 32.4 Å². The van der Waals surface area contributed by atoms with Crippen LogP contribution in [0.1, 0.15) is 101 Å². The summed E-state index contributed by atoms with van der Waals surface area (Å²) in [5.74, 6) is -3.69. The van der Waals surface area contributed by atoms with Crippen LogP contribution in [-0.2, 0) is 52.2 Å². The van der Waals surface area contributed by atoms with Gasteiger partial charge >= 0.3 is 12.1 Å². The molecule has 0 radical (unpaired) electrons. The fourth-order valence-electron chi connectivity index (χ4n) is 9.93. The average molecular weight is 830 g/mol. The summed E-state index contributed by atoms with van der Waals surface area (Å²) >= 11 is 0. The van der Waals surface area contributed by atoms with Crippen molar-refractivity contribution < 1.29 is 62.1 Å². The van der Waals surface area contributed by atoms with Crippen LogP contribution in [0.4, 0.5) is 4.79 Å². The third-order valence-electron chi connectivity index (χ3n) is 13.5. The Labute approximate surface area is 346 Å². The number of ether oxygens (including phenoxy) is 9. The number of fused-ring (bicyclic) bond motifs is 1. The number of alkyl carbamates (subject to hydrolysis) is 1. The number of rotatable bonds is 12. The Morgan fingerprint density at radius 1 is 0.914 bits per heavy atom. The number of esters is 1. The minimum Gasteiger partial charge on any atom is -0.458 e. The Morgan fingerprint density at radius 2 is 1.55 bits per heavy atom. The molecule has 336 valence electrons. The van der Waals surface area contributed by atoms with E-state index in [4.69, 9.17) is 48.4 Å². The molecule has 0 saturated carbocycles. The highest BCUT2D eigenvalue weighted by molar-refractivity contribution is 5.85. The van der Waals surface area contributed by atoms with E-state index in [-0.39, 0.29) is 30.8 Å². The van der Waals surface area contributed by atoms with Crippen LogP contribution in [0.5, 0.6) is 0 Å². The molecule has 16 heteroatoms. The molecule has 16 nitrogen and oxygen atoms in total. The molecule has 4 rings (SSSR count). The lowest BCUT2D eigenvalue weighted by Gasteiger charge is -2.50. The summed E-state index contributed by atoms with van der Waals surface area (Å²) in [6, 6.07) is -1.07. The molecule has 4 aliphatic rings. The summed E-state index contributed by atoms with van der Waals surface area (Å²) in [5, 5.41) is 14.6. The monoisotopic (exact) mass is 830 g/mol. The molecule has 4 saturated heterocycles. The van der Waals surface area contributed by atoms with Gasteiger partial charge in [0.25, 0.3) is 0 Å². The summed E-state index contributed by atoms with van der Waals surface area (Å²) < 4.78 is 57.6. The second-order valence-electron chi connectivity index (χ2n) is 18.1. The highest BCUT2D eigenvalue weighted by Gasteiger charge is 2.58. The summed E-state index contributed by atoms with van der Waals surface area (Å²) in [6.45, 7) is 19.3. The van der Waals surface area contributed by atoms with Crippen LogP contribution in [0.15, 0.2) is 0 Å². The van der Waals surface area contributed by atoms with Gasteiger partial charge in [0.05, 0.1) is 47.6 Å². The van der Waals surface area contributed by atoms with Gasteiger partial charge in [-0.05, 0) is 87.9 Å². The number of aliphatic hydroxyl groups excluding tert-OH is 1. The van der Waals surface area contributed by atoms with E-state index in [1.165, 1.54) is 0 Å². The summed E-state index contributed by atoms with van der Waals surface area (Å²) in [4.78, 5) is 43.8. The fourth-order valence-corrected chi connectivity index (χ4v) is 9.93. The van der Waals surface area contributed by atoms with E-state index in [1.54, 1.807) is 35.0 Å². The van der Waals surface area contributed by atoms with Crippen molar-refractivity contribution >= 4 is 17.8 Å². The Bertz CT molecular complexity index is 1390. The summed E-state index contributed by atoms with van der Waals surface area (Å²) in [5.41, 5.74) is 2.35. The first-order chi connectivity index (χ1) is 27.1. The van der Waals surface area contributed by atoms with Crippen molar-refractivity contribution in [3.63, 3.8) is 0 Å². The number of carbonyl (C=O) groups excluding carboxylic acids is 3. The molecule has 0 spiro atoms. The van der Waals surface area contributed by atoms with E-state index in [0.717, 1.165) is 0 Å². The third kappa shape index (κ3) is 10.2. The standard InChI is InChI=1S/C42H75N3O13/c1-15-29-42(10)34(44-39(49)58-42)24(4)31(46)22(2)20-40(8,50-13)35(57-38-32(47)28(45(11)12)19-23(3)53-38)25(5)33(26(6)37(48)55-29)56-30-21-41(9,51-14)36(27(7)54-30)52-18-16-17-43/h22-30,32-36,38,47H,15-21,43H2,1-14H3,(H,44,49)/t22-,23-,24+,25+,26?,27+,28+,29-,30?,32-,33+,34-,35-,36+,38+,40-,41-,42-/m1/s1. The number of amides is 1. The average Bonchev–Trinajstić information content (AvgIpc) is 3.49. The predicted molar refractivity (Wildman–Crippen MR) is 214 cm³/mol. The molecule has 2 unspecified atom stereocenters. The van der Waals surface area contributed by atoms with Gasteiger partial charge in [0, 0.05) is 51.0 Å². The number of cyclic esters (lactones) is 1. The van der Waals surface area contributed by atoms with E-state index < -0.39 is 108 Å². The number of nitrogens with two attached hydrogens (primary N) is 1. The van der Waals surface area contributed by atoms with Crippen molar-refractivity contribution in [3.8, 4) is 0 Å². The number of hydrogen-bond donors (Lipinski definition) is 3. The van der Waals surface area contributed by atoms with Gasteiger partial charge < -0.3 is 63.7 Å². The van der Waals surface area contributed by atoms with Crippen LogP contribution in [0.3, 0.4) is 0 Å². The number of likely N-dealkylation sites (N-methyl/N-ethyl adjacent to an activating group) is 1. The molecule has 0 aromatic rings. The molecule has 18 atom stereocenters. The maximum absolute atomic E-state index is 14.6. The smallest absolute Gasteiger partial charge is 0.408 e. The molecule has 4 aliphatic heterocycles. The van der Waals surface area contributed by atoms with Crippen molar-refractivity contribution in [2.45, 2.75) is 186 Å². The lowest BCUT2D eigenvalue weighted by atomic mass is 9.73. The molecule has 0 bridgehead atoms. The minimum atomic E-state index is -1.35. The van der Waals surface area contributed by atoms with Gasteiger partial charge in [-0.1, -0.05) is 27.7 Å². The topological polar surface area (TPSA) is 196 Å². The van der Waals surface area contributed by atoms with Crippen molar-refractivity contribution in [1.82, 2.24) is 10.2 Å². The Morgan fingerprint density at radius 3 is 2.14 bits per heavy atom. The molecule has 4 fully saturated rings. The first-order valence-corrected chi connectivity index (χ1v) is 21.2. The number of nitrogens with zero attached hydrogens (tertiary/aromatic N) is 1. The van der Waals surface area contributed by atoms with Gasteiger partial charge in [0.1, 0.15) is 24.1 Å². The molecule has 0 aromatic carbocycles. The molecule has 4 N–H and O–H groups in total. The SMILES string of the molecule is CC[C@H]1OC(=O)C(C)[C@@H](OC2C[C@@](C)(OC)[C@@H](OCCCN)[C@H](C)O2)[C@H](C)[C@@H](O[C@@H]2O[C@H](C)C[C@H](N(C)C)[C@H]2O)[C@](C)(OC)C[C@@H](C)C(=O)[C@H](C)[C@H]2NC(=O)O[C@@]21C. The number of carbonyl (C=O) groups is 3. The molecule has 58 heavy (non-hydrogen) atoms. The molecule has 4 heterocycles. The van der Waals surface area contributed by atoms with E-state index in [2.05, 4.69) is 5.32 Å². The quantitative estimate of drug-likeness (QED) is 0.191. The van der Waals surface area contributed by atoms with Crippen molar-refractivity contribution in [3.05, 3.63) is 0 Å². The molecule has 0 aliphatic carbocycles. The molecule has 0 aromatic heterocycles. The normalized spacial score (nSPS) is 45.9. The zero-order chi connectivity index (χ0) is 43.5. The first kappa shape index (κ1) is 48.7. The number of aliphatic hydroxyl groups is 1. The van der Waals surface area contributed by atoms with Gasteiger partial charge in [-0.3, -0.25) is 9.59 Å². The van der Waals surface area contributed by atoms with Gasteiger partial charge in [0.15, 0.2) is 18.2 Å². The third-order valence-corrected chi connectivity index (χ3v) is 13.5. The first-order valence-electron chi connectivity index (χ1n) is 21.2. The fraction of sp³-hybridized carbons (Fsp3) is 0.929. The van der Waals surface area contributed by atoms with E-state index in [1.807, 2.05) is 67.5 Å². The Kier molecular flexibility index (Phi) is 16.6. The van der Waals surface area contributed by atoms with Crippen LogP contribution < -0.4 is 11.1 Å². The van der Waals surface area contributed by atoms with Gasteiger partial charge in [-0.2, -0.15) is 0 Å². The second-order valence-corrected chi connectivity index (χ2v) is 18.1. The zero-order valence-corrected chi connectivity index (χ0v) is 37.5. The van der Waals surface area contributed by atoms with E-state index in [9.17, 15) is 19.5 Å². The predicted octanol–water partition coefficient (Wildman–Crippen LogP) is 3.57. The van der Waals surface area contributed by atoms with Crippen LogP contribution in [0, 0.1) is 23.7 Å². The summed E-state index contributed by atoms with van der Waals surface area (Å²) in [7, 11) is 6.98. The Balaban J connectivity index is 1.85. The number of Topliss-reactive ketones (excluding diaryl/α,β-unsaturated/α-hetero) is 1. The number of nitrogens with one attached hydrogen (secondary N) is 1. The zero-order valence-electron chi connectivity index (χ0n) is 37.5. The largest absolute Gasteiger partial charge is 0.458 e. The van der Waals surface area contributed by atoms with Crippen molar-refractivity contribution in [2.75, 3.05) is 41.5 Å². The molecular weight excluding hydrogens is 754 g/mol. The number of hydrogen-bond acceptors (Lipinski definition) is 15. The van der Waals surface area contributed by atoms with Gasteiger partial charge in [0.2, 0.25) is 0 Å². The lowest BCUT2D eigenvalue weighted by molar-refractivity contribution is -0.322. The van der Waals surface area contributed by atoms with Crippen LogP contribution in [-0.4, -0.2) is 154 Å². The number of ketones is 1. The lowest BCUT2D eigenvalue weighted by Crippen LogP contribution is -2.61. The van der Waals surface area contributed by atoms with Crippen LogP contribution >= 0.6 is 0 Å². The Hall–Kier alpha value is -1.99. The van der Waals surface area contributed by atoms with Crippen molar-refractivity contribution in [1.29, 1.82) is 0 Å². The highest BCUT2D eigenvalue weighted by atomic mass is 16.7. The number of methoxy groups -OCH3 is 2. The van der Waals surface area contributed by atoms with Crippen LogP contribution in [0.25, 0.3) is 0 Å². The maximum Gasteiger partial charge on any atom is 0.408 e. The van der Waals surface area contributed by atoms with Crippen molar-refractivity contribution in [2.24, 2.45) is 29.4 Å². The maximum atomic E-state index is 14.6. The minimum absolute atomic E-state index is 0.141. The van der Waals surface area contributed by atoms with Crippen LogP contribution in [0.2, 0.25) is 0 Å². The second kappa shape index (κ2) is 19.8. The molecular formula is C42H75N3O13. The van der Waals surface area contributed by atoms with E-state index >= 15 is 0 Å². The van der Waals surface area contributed by atoms with Gasteiger partial charge in [-0.15, -0.1) is 0 Å². The molecule has 1 amide bonds.